The number of ether oxygens (including phenoxy) is 1. The molecule has 13 heteroatoms. The van der Waals surface area contributed by atoms with Crippen LogP contribution in [0.25, 0.3) is 0 Å². The molecule has 10 nitrogen and oxygen atoms in total. The molecule has 0 bridgehead atoms. The number of methoxy groups -OCH3 is 1. The number of nitrogens with one attached hydrogen (secondary N) is 4. The fraction of sp³-hybridized carbons (Fsp3) is 0.323. The van der Waals surface area contributed by atoms with Crippen LogP contribution in [0.15, 0.2) is 71.6 Å². The maximum atomic E-state index is 13.1. The summed E-state index contributed by atoms with van der Waals surface area (Å²) in [5.41, 5.74) is 1.34. The van der Waals surface area contributed by atoms with E-state index >= 15 is 0 Å². The van der Waals surface area contributed by atoms with Gasteiger partial charge in [0.05, 0.1) is 28.4 Å². The molecule has 0 spiro atoms. The first-order valence-corrected chi connectivity index (χ1v) is 16.4. The van der Waals surface area contributed by atoms with Crippen molar-refractivity contribution in [1.29, 1.82) is 0 Å². The minimum absolute atomic E-state index is 0.0630. The van der Waals surface area contributed by atoms with Crippen LogP contribution in [-0.4, -0.2) is 46.0 Å². The van der Waals surface area contributed by atoms with E-state index in [1.807, 2.05) is 0 Å². The van der Waals surface area contributed by atoms with Crippen molar-refractivity contribution < 1.29 is 27.5 Å². The molecule has 44 heavy (non-hydrogen) atoms. The van der Waals surface area contributed by atoms with Gasteiger partial charge >= 0.3 is 12.0 Å². The zero-order valence-corrected chi connectivity index (χ0v) is 26.4. The number of carbonyl (C=O) groups is 3. The van der Waals surface area contributed by atoms with Crippen LogP contribution in [0.5, 0.6) is 0 Å². The van der Waals surface area contributed by atoms with Gasteiger partial charge < -0.3 is 20.7 Å². The summed E-state index contributed by atoms with van der Waals surface area (Å²) in [4.78, 5) is 38.1. The van der Waals surface area contributed by atoms with E-state index in [2.05, 4.69) is 20.7 Å². The molecule has 3 aromatic rings. The third kappa shape index (κ3) is 8.95. The average molecular weight is 662 g/mol. The summed E-state index contributed by atoms with van der Waals surface area (Å²) in [6, 6.07) is 15.6. The Labute approximate surface area is 266 Å². The molecule has 234 valence electrons. The maximum Gasteiger partial charge on any atom is 0.328 e. The molecule has 0 aromatic heterocycles. The zero-order chi connectivity index (χ0) is 31.7. The molecular formula is C31H34Cl2N4O6S. The molecular weight excluding hydrogens is 627 g/mol. The van der Waals surface area contributed by atoms with Gasteiger partial charge in [0.15, 0.2) is 0 Å². The summed E-state index contributed by atoms with van der Waals surface area (Å²) < 4.78 is 33.8. The molecule has 1 saturated carbocycles. The molecule has 3 amide bonds. The highest BCUT2D eigenvalue weighted by Gasteiger charge is 2.25. The number of benzene rings is 3. The lowest BCUT2D eigenvalue weighted by atomic mass is 9.90. The Morgan fingerprint density at radius 3 is 2.20 bits per heavy atom. The van der Waals surface area contributed by atoms with Crippen molar-refractivity contribution in [2.24, 2.45) is 5.92 Å². The molecule has 1 unspecified atom stereocenters. The van der Waals surface area contributed by atoms with E-state index in [1.165, 1.54) is 25.7 Å². The lowest BCUT2D eigenvalue weighted by Crippen LogP contribution is -2.45. The summed E-state index contributed by atoms with van der Waals surface area (Å²) in [6.45, 7) is 0.337. The number of hydrogen-bond donors (Lipinski definition) is 4. The van der Waals surface area contributed by atoms with Gasteiger partial charge in [-0.3, -0.25) is 4.79 Å². The number of hydrogen-bond acceptors (Lipinski definition) is 6. The second-order valence-electron chi connectivity index (χ2n) is 10.5. The van der Waals surface area contributed by atoms with Gasteiger partial charge in [-0.25, -0.2) is 22.7 Å². The Kier molecular flexibility index (Phi) is 11.6. The predicted molar refractivity (Wildman–Crippen MR) is 171 cm³/mol. The smallest absolute Gasteiger partial charge is 0.328 e. The first-order chi connectivity index (χ1) is 21.1. The summed E-state index contributed by atoms with van der Waals surface area (Å²) in [5.74, 6) is -0.888. The largest absolute Gasteiger partial charge is 0.467 e. The molecule has 3 aromatic carbocycles. The van der Waals surface area contributed by atoms with E-state index in [1.54, 1.807) is 54.6 Å². The fourth-order valence-corrected chi connectivity index (χ4v) is 6.87. The van der Waals surface area contributed by atoms with Crippen molar-refractivity contribution in [1.82, 2.24) is 10.0 Å². The first kappa shape index (κ1) is 33.3. The molecule has 0 aliphatic heterocycles. The Morgan fingerprint density at radius 2 is 1.55 bits per heavy atom. The lowest BCUT2D eigenvalue weighted by molar-refractivity contribution is -0.142. The van der Waals surface area contributed by atoms with Crippen LogP contribution in [0.1, 0.15) is 48.0 Å². The summed E-state index contributed by atoms with van der Waals surface area (Å²) in [6.07, 6.45) is 5.37. The van der Waals surface area contributed by atoms with Crippen molar-refractivity contribution in [2.45, 2.75) is 49.5 Å². The maximum absolute atomic E-state index is 13.1. The van der Waals surface area contributed by atoms with Crippen LogP contribution in [0.3, 0.4) is 0 Å². The minimum Gasteiger partial charge on any atom is -0.467 e. The van der Waals surface area contributed by atoms with E-state index in [9.17, 15) is 22.8 Å². The molecule has 0 saturated heterocycles. The van der Waals surface area contributed by atoms with E-state index in [-0.39, 0.29) is 38.5 Å². The normalized spacial score (nSPS) is 14.3. The fourth-order valence-electron chi connectivity index (χ4n) is 5.02. The lowest BCUT2D eigenvalue weighted by Gasteiger charge is -2.22. The van der Waals surface area contributed by atoms with E-state index in [0.29, 0.717) is 17.8 Å². The van der Waals surface area contributed by atoms with Crippen molar-refractivity contribution in [2.75, 3.05) is 24.3 Å². The first-order valence-electron chi connectivity index (χ1n) is 14.2. The summed E-state index contributed by atoms with van der Waals surface area (Å²) >= 11 is 12.2. The van der Waals surface area contributed by atoms with Crippen LogP contribution in [-0.2, 0) is 26.0 Å². The van der Waals surface area contributed by atoms with Gasteiger partial charge in [0.25, 0.3) is 5.91 Å². The number of esters is 1. The number of rotatable bonds is 11. The van der Waals surface area contributed by atoms with Gasteiger partial charge in [0.2, 0.25) is 10.0 Å². The monoisotopic (exact) mass is 660 g/mol. The highest BCUT2D eigenvalue weighted by atomic mass is 35.5. The Morgan fingerprint density at radius 1 is 0.886 bits per heavy atom. The SMILES string of the molecule is COC(=O)C(Cc1ccc(NC(=O)c2c(Cl)cccc2Cl)cc1)NC(=O)Nc1ccccc1S(=O)(=O)NCC1CCCCC1. The number of carbonyl (C=O) groups excluding carboxylic acids is 3. The predicted octanol–water partition coefficient (Wildman–Crippen LogP) is 6.01. The van der Waals surface area contributed by atoms with E-state index < -0.39 is 34.0 Å². The van der Waals surface area contributed by atoms with Crippen molar-refractivity contribution in [3.8, 4) is 0 Å². The minimum atomic E-state index is -3.90. The van der Waals surface area contributed by atoms with Crippen LogP contribution < -0.4 is 20.7 Å². The molecule has 1 atom stereocenters. The molecule has 0 radical (unpaired) electrons. The third-order valence-electron chi connectivity index (χ3n) is 7.34. The van der Waals surface area contributed by atoms with Gasteiger partial charge in [0.1, 0.15) is 10.9 Å². The van der Waals surface area contributed by atoms with Gasteiger partial charge in [0, 0.05) is 18.7 Å². The van der Waals surface area contributed by atoms with E-state index in [4.69, 9.17) is 27.9 Å². The second-order valence-corrected chi connectivity index (χ2v) is 13.0. The van der Waals surface area contributed by atoms with Gasteiger partial charge in [-0.2, -0.15) is 0 Å². The number of sulfonamides is 1. The number of halogens is 2. The zero-order valence-electron chi connectivity index (χ0n) is 24.1. The van der Waals surface area contributed by atoms with Crippen molar-refractivity contribution in [3.63, 3.8) is 0 Å². The number of anilines is 2. The molecule has 1 aliphatic carbocycles. The summed E-state index contributed by atoms with van der Waals surface area (Å²) in [7, 11) is -2.70. The van der Waals surface area contributed by atoms with Crippen molar-refractivity contribution >= 4 is 62.5 Å². The number of para-hydroxylation sites is 1. The van der Waals surface area contributed by atoms with Crippen LogP contribution in [0.4, 0.5) is 16.2 Å². The van der Waals surface area contributed by atoms with Crippen LogP contribution in [0, 0.1) is 5.92 Å². The molecule has 0 heterocycles. The van der Waals surface area contributed by atoms with Crippen LogP contribution in [0.2, 0.25) is 10.0 Å². The number of urea groups is 1. The van der Waals surface area contributed by atoms with Gasteiger partial charge in [-0.05, 0) is 60.7 Å². The quantitative estimate of drug-likeness (QED) is 0.186. The highest BCUT2D eigenvalue weighted by Crippen LogP contribution is 2.26. The third-order valence-corrected chi connectivity index (χ3v) is 9.46. The molecule has 4 N–H and O–H groups in total. The Bertz CT molecular complexity index is 1570. The topological polar surface area (TPSA) is 143 Å². The van der Waals surface area contributed by atoms with E-state index in [0.717, 1.165) is 25.7 Å². The second kappa shape index (κ2) is 15.4. The average Bonchev–Trinajstić information content (AvgIpc) is 3.01. The van der Waals surface area contributed by atoms with Crippen LogP contribution >= 0.6 is 23.2 Å². The van der Waals surface area contributed by atoms with Crippen molar-refractivity contribution in [3.05, 3.63) is 87.9 Å². The Hall–Kier alpha value is -3.64. The highest BCUT2D eigenvalue weighted by molar-refractivity contribution is 7.89. The number of amides is 3. The molecule has 1 aliphatic rings. The molecule has 4 rings (SSSR count). The summed E-state index contributed by atoms with van der Waals surface area (Å²) in [5, 5.41) is 8.28. The van der Waals surface area contributed by atoms with Gasteiger partial charge in [-0.15, -0.1) is 0 Å². The Balaban J connectivity index is 1.39. The molecule has 1 fully saturated rings. The van der Waals surface area contributed by atoms with Gasteiger partial charge in [-0.1, -0.05) is 72.8 Å². The standard InChI is InChI=1S/C31H34Cl2N4O6S/c1-43-30(39)26(18-20-14-16-22(17-15-20)35-29(38)28-23(32)10-7-11-24(28)33)37-31(40)36-25-12-5-6-13-27(25)44(41,42)34-19-21-8-3-2-4-9-21/h5-7,10-17,21,26,34H,2-4,8-9,18-19H2,1H3,(H,35,38)(H2,36,37,40).